The molecule has 0 saturated carbocycles. The second-order valence-electron chi connectivity index (χ2n) is 4.66. The Morgan fingerprint density at radius 1 is 1.14 bits per heavy atom. The second kappa shape index (κ2) is 7.06. The van der Waals surface area contributed by atoms with Crippen LogP contribution in [0.15, 0.2) is 42.5 Å². The van der Waals surface area contributed by atoms with Crippen molar-refractivity contribution in [2.24, 2.45) is 5.84 Å². The highest BCUT2D eigenvalue weighted by molar-refractivity contribution is 5.38. The van der Waals surface area contributed by atoms with Crippen molar-refractivity contribution >= 4 is 0 Å². The van der Waals surface area contributed by atoms with E-state index < -0.39 is 0 Å². The van der Waals surface area contributed by atoms with E-state index in [1.807, 2.05) is 24.3 Å². The Hall–Kier alpha value is -2.11. The van der Waals surface area contributed by atoms with Gasteiger partial charge in [0.15, 0.2) is 0 Å². The Morgan fingerprint density at radius 3 is 2.62 bits per heavy atom. The highest BCUT2D eigenvalue weighted by Gasteiger charge is 2.16. The van der Waals surface area contributed by atoms with Gasteiger partial charge in [0, 0.05) is 5.56 Å². The quantitative estimate of drug-likeness (QED) is 0.634. The number of hydrazine groups is 1. The molecule has 0 aliphatic rings. The van der Waals surface area contributed by atoms with Crippen LogP contribution in [-0.2, 0) is 6.42 Å². The van der Waals surface area contributed by atoms with Gasteiger partial charge in [-0.15, -0.1) is 0 Å². The van der Waals surface area contributed by atoms with Crippen molar-refractivity contribution in [3.8, 4) is 11.5 Å². The molecule has 5 heteroatoms. The standard InChI is InChI=1S/C16H19FN2O2/c1-20-13-5-3-4-11(8-13)9-15(19-18)14-10-12(17)6-7-16(14)21-2/h3-8,10,15,19H,9,18H2,1-2H3. The van der Waals surface area contributed by atoms with Crippen LogP contribution in [0, 0.1) is 5.82 Å². The number of ether oxygens (including phenoxy) is 2. The van der Waals surface area contributed by atoms with Crippen LogP contribution in [0.1, 0.15) is 17.2 Å². The molecule has 0 saturated heterocycles. The molecule has 112 valence electrons. The topological polar surface area (TPSA) is 56.5 Å². The van der Waals surface area contributed by atoms with Crippen molar-refractivity contribution in [3.05, 3.63) is 59.4 Å². The first-order valence-electron chi connectivity index (χ1n) is 6.60. The highest BCUT2D eigenvalue weighted by atomic mass is 19.1. The van der Waals surface area contributed by atoms with Gasteiger partial charge in [-0.05, 0) is 42.3 Å². The molecule has 21 heavy (non-hydrogen) atoms. The molecule has 0 aliphatic heterocycles. The summed E-state index contributed by atoms with van der Waals surface area (Å²) in [5.74, 6) is 6.69. The lowest BCUT2D eigenvalue weighted by molar-refractivity contribution is 0.396. The van der Waals surface area contributed by atoms with Crippen LogP contribution in [0.4, 0.5) is 4.39 Å². The van der Waals surface area contributed by atoms with E-state index in [0.717, 1.165) is 11.3 Å². The smallest absolute Gasteiger partial charge is 0.123 e. The van der Waals surface area contributed by atoms with Gasteiger partial charge in [-0.2, -0.15) is 0 Å². The zero-order chi connectivity index (χ0) is 15.2. The molecule has 0 aromatic heterocycles. The number of rotatable bonds is 6. The molecule has 0 heterocycles. The molecule has 2 aromatic rings. The number of benzene rings is 2. The van der Waals surface area contributed by atoms with Gasteiger partial charge in [-0.1, -0.05) is 12.1 Å². The van der Waals surface area contributed by atoms with E-state index in [9.17, 15) is 4.39 Å². The molecule has 0 amide bonds. The summed E-state index contributed by atoms with van der Waals surface area (Å²) in [5.41, 5.74) is 4.43. The average molecular weight is 290 g/mol. The van der Waals surface area contributed by atoms with E-state index in [0.29, 0.717) is 17.7 Å². The second-order valence-corrected chi connectivity index (χ2v) is 4.66. The first-order valence-corrected chi connectivity index (χ1v) is 6.60. The van der Waals surface area contributed by atoms with Crippen molar-refractivity contribution in [1.29, 1.82) is 0 Å². The molecule has 0 spiro atoms. The summed E-state index contributed by atoms with van der Waals surface area (Å²) in [7, 11) is 3.17. The largest absolute Gasteiger partial charge is 0.497 e. The van der Waals surface area contributed by atoms with E-state index in [1.54, 1.807) is 20.3 Å². The summed E-state index contributed by atoms with van der Waals surface area (Å²) < 4.78 is 24.0. The molecule has 0 aliphatic carbocycles. The van der Waals surface area contributed by atoms with Crippen molar-refractivity contribution < 1.29 is 13.9 Å². The number of hydrogen-bond donors (Lipinski definition) is 2. The fourth-order valence-electron chi connectivity index (χ4n) is 2.27. The maximum atomic E-state index is 13.5. The number of nitrogens with one attached hydrogen (secondary N) is 1. The number of methoxy groups -OCH3 is 2. The molecular weight excluding hydrogens is 271 g/mol. The Labute approximate surface area is 123 Å². The van der Waals surface area contributed by atoms with Crippen LogP contribution < -0.4 is 20.7 Å². The Balaban J connectivity index is 2.29. The maximum absolute atomic E-state index is 13.5. The summed E-state index contributed by atoms with van der Waals surface area (Å²) in [5, 5.41) is 0. The van der Waals surface area contributed by atoms with Crippen molar-refractivity contribution in [3.63, 3.8) is 0 Å². The lowest BCUT2D eigenvalue weighted by Crippen LogP contribution is -2.30. The van der Waals surface area contributed by atoms with E-state index in [1.165, 1.54) is 12.1 Å². The molecule has 0 bridgehead atoms. The van der Waals surface area contributed by atoms with Crippen LogP contribution in [0.5, 0.6) is 11.5 Å². The molecular formula is C16H19FN2O2. The third-order valence-corrected chi connectivity index (χ3v) is 3.34. The Morgan fingerprint density at radius 2 is 1.95 bits per heavy atom. The lowest BCUT2D eigenvalue weighted by Gasteiger charge is -2.19. The number of nitrogens with two attached hydrogens (primary N) is 1. The fourth-order valence-corrected chi connectivity index (χ4v) is 2.27. The Kier molecular flexibility index (Phi) is 5.14. The zero-order valence-corrected chi connectivity index (χ0v) is 12.1. The van der Waals surface area contributed by atoms with Gasteiger partial charge in [0.25, 0.3) is 0 Å². The third kappa shape index (κ3) is 3.71. The SMILES string of the molecule is COc1cccc(CC(NN)c2cc(F)ccc2OC)c1. The molecule has 0 radical (unpaired) electrons. The molecule has 0 fully saturated rings. The predicted octanol–water partition coefficient (Wildman–Crippen LogP) is 2.59. The predicted molar refractivity (Wildman–Crippen MR) is 79.7 cm³/mol. The number of hydrogen-bond acceptors (Lipinski definition) is 4. The van der Waals surface area contributed by atoms with Crippen LogP contribution >= 0.6 is 0 Å². The van der Waals surface area contributed by atoms with E-state index in [-0.39, 0.29) is 11.9 Å². The average Bonchev–Trinajstić information content (AvgIpc) is 2.52. The Bertz CT molecular complexity index is 605. The zero-order valence-electron chi connectivity index (χ0n) is 12.1. The van der Waals surface area contributed by atoms with Gasteiger partial charge >= 0.3 is 0 Å². The summed E-state index contributed by atoms with van der Waals surface area (Å²) in [6.45, 7) is 0. The van der Waals surface area contributed by atoms with Crippen LogP contribution in [0.2, 0.25) is 0 Å². The first kappa shape index (κ1) is 15.3. The van der Waals surface area contributed by atoms with Crippen LogP contribution in [0.25, 0.3) is 0 Å². The fraction of sp³-hybridized carbons (Fsp3) is 0.250. The van der Waals surface area contributed by atoms with Crippen LogP contribution in [0.3, 0.4) is 0 Å². The van der Waals surface area contributed by atoms with E-state index >= 15 is 0 Å². The molecule has 4 nitrogen and oxygen atoms in total. The van der Waals surface area contributed by atoms with E-state index in [2.05, 4.69) is 5.43 Å². The van der Waals surface area contributed by atoms with Crippen molar-refractivity contribution in [2.75, 3.05) is 14.2 Å². The van der Waals surface area contributed by atoms with E-state index in [4.69, 9.17) is 15.3 Å². The van der Waals surface area contributed by atoms with Gasteiger partial charge in [-0.25, -0.2) is 4.39 Å². The summed E-state index contributed by atoms with van der Waals surface area (Å²) in [6, 6.07) is 11.8. The van der Waals surface area contributed by atoms with Gasteiger partial charge in [0.2, 0.25) is 0 Å². The monoisotopic (exact) mass is 290 g/mol. The maximum Gasteiger partial charge on any atom is 0.123 e. The molecule has 1 atom stereocenters. The minimum Gasteiger partial charge on any atom is -0.497 e. The molecule has 2 rings (SSSR count). The van der Waals surface area contributed by atoms with Crippen LogP contribution in [-0.4, -0.2) is 14.2 Å². The summed E-state index contributed by atoms with van der Waals surface area (Å²) in [4.78, 5) is 0. The molecule has 1 unspecified atom stereocenters. The summed E-state index contributed by atoms with van der Waals surface area (Å²) >= 11 is 0. The van der Waals surface area contributed by atoms with Crippen molar-refractivity contribution in [1.82, 2.24) is 5.43 Å². The van der Waals surface area contributed by atoms with Crippen molar-refractivity contribution in [2.45, 2.75) is 12.5 Å². The van der Waals surface area contributed by atoms with Gasteiger partial charge in [0.05, 0.1) is 20.3 Å². The van der Waals surface area contributed by atoms with Gasteiger partial charge in [0.1, 0.15) is 17.3 Å². The lowest BCUT2D eigenvalue weighted by atomic mass is 9.98. The minimum absolute atomic E-state index is 0.261. The van der Waals surface area contributed by atoms with Gasteiger partial charge in [-0.3, -0.25) is 11.3 Å². The summed E-state index contributed by atoms with van der Waals surface area (Å²) in [6.07, 6.45) is 0.591. The molecule has 2 aromatic carbocycles. The first-order chi connectivity index (χ1) is 10.2. The third-order valence-electron chi connectivity index (χ3n) is 3.34. The molecule has 3 N–H and O–H groups in total. The highest BCUT2D eigenvalue weighted by Crippen LogP contribution is 2.28. The van der Waals surface area contributed by atoms with Gasteiger partial charge < -0.3 is 9.47 Å². The minimum atomic E-state index is -0.323. The number of halogens is 1. The normalized spacial score (nSPS) is 12.0.